The number of nitrogens with two attached hydrogens (primary N) is 4. The van der Waals surface area contributed by atoms with Crippen molar-refractivity contribution in [3.63, 3.8) is 0 Å². The maximum absolute atomic E-state index is 6.16. The number of benzene rings is 4. The molecule has 0 spiro atoms. The lowest BCUT2D eigenvalue weighted by atomic mass is 9.73. The fraction of sp³-hybridized carbons (Fsp3) is 0.0769. The molecule has 4 aromatic rings. The van der Waals surface area contributed by atoms with Gasteiger partial charge in [-0.1, -0.05) is 48.5 Å². The van der Waals surface area contributed by atoms with E-state index in [0.29, 0.717) is 0 Å². The third-order valence-corrected chi connectivity index (χ3v) is 5.44. The summed E-state index contributed by atoms with van der Waals surface area (Å²) in [5, 5.41) is 0. The molecule has 0 heterocycles. The van der Waals surface area contributed by atoms with Crippen molar-refractivity contribution in [3.8, 4) is 0 Å². The van der Waals surface area contributed by atoms with Crippen LogP contribution in [-0.2, 0) is 0 Å². The molecule has 0 fully saturated rings. The molecule has 4 rings (SSSR count). The van der Waals surface area contributed by atoms with Crippen molar-refractivity contribution < 1.29 is 0 Å². The fourth-order valence-electron chi connectivity index (χ4n) is 4.12. The van der Waals surface area contributed by atoms with Crippen LogP contribution >= 0.6 is 0 Å². The highest BCUT2D eigenvalue weighted by atomic mass is 14.6. The van der Waals surface area contributed by atoms with Crippen molar-refractivity contribution in [2.24, 2.45) is 0 Å². The Balaban J connectivity index is 1.98. The van der Waals surface area contributed by atoms with Gasteiger partial charge in [0, 0.05) is 34.6 Å². The molecule has 0 aliphatic heterocycles. The van der Waals surface area contributed by atoms with Crippen LogP contribution < -0.4 is 22.9 Å². The molecule has 150 valence electrons. The maximum Gasteiger partial charge on any atom is 0.0316 e. The maximum atomic E-state index is 6.16. The van der Waals surface area contributed by atoms with Gasteiger partial charge in [0.25, 0.3) is 0 Å². The Labute approximate surface area is 177 Å². The summed E-state index contributed by atoms with van der Waals surface area (Å²) >= 11 is 0. The van der Waals surface area contributed by atoms with Gasteiger partial charge >= 0.3 is 0 Å². The summed E-state index contributed by atoms with van der Waals surface area (Å²) in [5.41, 5.74) is 31.9. The standard InChI is InChI=1S/C26H26N4/c27-21-12-10-17(11-13-21)25(18-4-1-7-22(28)14-18)26(19-5-2-8-23(29)15-19)20-6-3-9-24(30)16-20/h1-16,25-26H,27-30H2. The average Bonchev–Trinajstić information content (AvgIpc) is 2.73. The van der Waals surface area contributed by atoms with E-state index in [2.05, 4.69) is 30.3 Å². The summed E-state index contributed by atoms with van der Waals surface area (Å²) in [4.78, 5) is 0. The summed E-state index contributed by atoms with van der Waals surface area (Å²) in [6, 6.07) is 32.1. The van der Waals surface area contributed by atoms with E-state index >= 15 is 0 Å². The van der Waals surface area contributed by atoms with E-state index in [1.165, 1.54) is 0 Å². The number of nitrogen functional groups attached to an aromatic ring is 4. The van der Waals surface area contributed by atoms with E-state index in [0.717, 1.165) is 45.0 Å². The molecule has 0 saturated heterocycles. The molecule has 0 radical (unpaired) electrons. The second-order valence-corrected chi connectivity index (χ2v) is 7.63. The average molecular weight is 395 g/mol. The van der Waals surface area contributed by atoms with Crippen molar-refractivity contribution >= 4 is 22.7 Å². The monoisotopic (exact) mass is 394 g/mol. The van der Waals surface area contributed by atoms with Crippen molar-refractivity contribution in [2.75, 3.05) is 22.9 Å². The highest BCUT2D eigenvalue weighted by Gasteiger charge is 2.28. The second-order valence-electron chi connectivity index (χ2n) is 7.63. The predicted octanol–water partition coefficient (Wildman–Crippen LogP) is 4.98. The van der Waals surface area contributed by atoms with Gasteiger partial charge in [0.05, 0.1) is 0 Å². The number of anilines is 4. The second kappa shape index (κ2) is 8.21. The molecule has 0 saturated carbocycles. The number of hydrogen-bond donors (Lipinski definition) is 4. The van der Waals surface area contributed by atoms with Gasteiger partial charge in [0.1, 0.15) is 0 Å². The van der Waals surface area contributed by atoms with Crippen LogP contribution in [-0.4, -0.2) is 0 Å². The fourth-order valence-corrected chi connectivity index (χ4v) is 4.12. The Kier molecular flexibility index (Phi) is 5.31. The zero-order valence-corrected chi connectivity index (χ0v) is 16.7. The minimum atomic E-state index is -0.0116. The molecule has 0 aliphatic rings. The van der Waals surface area contributed by atoms with Crippen LogP contribution in [0.4, 0.5) is 22.7 Å². The van der Waals surface area contributed by atoms with Crippen LogP contribution in [0.25, 0.3) is 0 Å². The van der Waals surface area contributed by atoms with E-state index in [1.807, 2.05) is 66.7 Å². The lowest BCUT2D eigenvalue weighted by molar-refractivity contribution is 0.695. The van der Waals surface area contributed by atoms with E-state index in [-0.39, 0.29) is 11.8 Å². The molecule has 0 aromatic heterocycles. The van der Waals surface area contributed by atoms with Crippen LogP contribution in [0.3, 0.4) is 0 Å². The predicted molar refractivity (Wildman–Crippen MR) is 127 cm³/mol. The first kappa shape index (κ1) is 19.4. The van der Waals surface area contributed by atoms with Crippen molar-refractivity contribution in [2.45, 2.75) is 11.8 Å². The summed E-state index contributed by atoms with van der Waals surface area (Å²) in [6.45, 7) is 0. The zero-order chi connectivity index (χ0) is 21.1. The Bertz CT molecular complexity index is 1110. The highest BCUT2D eigenvalue weighted by Crippen LogP contribution is 2.44. The van der Waals surface area contributed by atoms with E-state index < -0.39 is 0 Å². The topological polar surface area (TPSA) is 104 Å². The van der Waals surface area contributed by atoms with E-state index in [4.69, 9.17) is 22.9 Å². The summed E-state index contributed by atoms with van der Waals surface area (Å²) < 4.78 is 0. The summed E-state index contributed by atoms with van der Waals surface area (Å²) in [6.07, 6.45) is 0. The third kappa shape index (κ3) is 4.08. The number of rotatable bonds is 5. The van der Waals surface area contributed by atoms with E-state index in [9.17, 15) is 0 Å². The van der Waals surface area contributed by atoms with Gasteiger partial charge in [-0.15, -0.1) is 0 Å². The largest absolute Gasteiger partial charge is 0.399 e. The normalized spacial score (nSPS) is 12.0. The molecule has 1 atom stereocenters. The van der Waals surface area contributed by atoms with Crippen molar-refractivity contribution in [1.29, 1.82) is 0 Å². The molecule has 1 unspecified atom stereocenters. The molecular weight excluding hydrogens is 368 g/mol. The lowest BCUT2D eigenvalue weighted by Gasteiger charge is -2.30. The Morgan fingerprint density at radius 3 is 1.10 bits per heavy atom. The van der Waals surface area contributed by atoms with Gasteiger partial charge in [-0.2, -0.15) is 0 Å². The third-order valence-electron chi connectivity index (χ3n) is 5.44. The zero-order valence-electron chi connectivity index (χ0n) is 16.7. The Morgan fingerprint density at radius 2 is 0.733 bits per heavy atom. The van der Waals surface area contributed by atoms with Gasteiger partial charge in [0.2, 0.25) is 0 Å². The van der Waals surface area contributed by atoms with Crippen LogP contribution in [0, 0.1) is 0 Å². The SMILES string of the molecule is Nc1ccc(C(c2cccc(N)c2)C(c2cccc(N)c2)c2cccc(N)c2)cc1. The quantitative estimate of drug-likeness (QED) is 0.358. The Hall–Kier alpha value is -3.92. The van der Waals surface area contributed by atoms with Gasteiger partial charge in [-0.05, 0) is 70.8 Å². The molecule has 8 N–H and O–H groups in total. The van der Waals surface area contributed by atoms with E-state index in [1.54, 1.807) is 0 Å². The van der Waals surface area contributed by atoms with Gasteiger partial charge < -0.3 is 22.9 Å². The molecule has 0 amide bonds. The van der Waals surface area contributed by atoms with Gasteiger partial charge in [-0.3, -0.25) is 0 Å². The van der Waals surface area contributed by atoms with Crippen LogP contribution in [0.1, 0.15) is 34.1 Å². The smallest absolute Gasteiger partial charge is 0.0316 e. The molecule has 30 heavy (non-hydrogen) atoms. The molecule has 4 aromatic carbocycles. The van der Waals surface area contributed by atoms with Gasteiger partial charge in [0.15, 0.2) is 0 Å². The molecule has 4 nitrogen and oxygen atoms in total. The first-order chi connectivity index (χ1) is 14.5. The summed E-state index contributed by atoms with van der Waals surface area (Å²) in [7, 11) is 0. The molecule has 0 bridgehead atoms. The minimum absolute atomic E-state index is 0.00213. The van der Waals surface area contributed by atoms with Crippen LogP contribution in [0.15, 0.2) is 97.1 Å². The molecular formula is C26H26N4. The molecule has 4 heteroatoms. The first-order valence-corrected chi connectivity index (χ1v) is 9.93. The van der Waals surface area contributed by atoms with Crippen LogP contribution in [0.2, 0.25) is 0 Å². The first-order valence-electron chi connectivity index (χ1n) is 9.93. The van der Waals surface area contributed by atoms with Crippen LogP contribution in [0.5, 0.6) is 0 Å². The lowest BCUT2D eigenvalue weighted by Crippen LogP contribution is -2.15. The summed E-state index contributed by atoms with van der Waals surface area (Å²) in [5.74, 6) is -0.0138. The Morgan fingerprint density at radius 1 is 0.367 bits per heavy atom. The minimum Gasteiger partial charge on any atom is -0.399 e. The van der Waals surface area contributed by atoms with Crippen molar-refractivity contribution in [3.05, 3.63) is 119 Å². The van der Waals surface area contributed by atoms with Gasteiger partial charge in [-0.25, -0.2) is 0 Å². The number of hydrogen-bond acceptors (Lipinski definition) is 4. The highest BCUT2D eigenvalue weighted by molar-refractivity contribution is 5.54. The van der Waals surface area contributed by atoms with Crippen molar-refractivity contribution in [1.82, 2.24) is 0 Å². The molecule has 0 aliphatic carbocycles.